The summed E-state index contributed by atoms with van der Waals surface area (Å²) in [4.78, 5) is 24.7. The van der Waals surface area contributed by atoms with E-state index in [1.165, 1.54) is 18.2 Å². The predicted octanol–water partition coefficient (Wildman–Crippen LogP) is 4.85. The molecule has 2 amide bonds. The Hall–Kier alpha value is -3.00. The summed E-state index contributed by atoms with van der Waals surface area (Å²) in [6.07, 6.45) is -0.734. The molecule has 0 saturated heterocycles. The van der Waals surface area contributed by atoms with Gasteiger partial charge in [-0.1, -0.05) is 11.6 Å². The molecule has 2 aromatic rings. The molecule has 29 heavy (non-hydrogen) atoms. The van der Waals surface area contributed by atoms with Crippen molar-refractivity contribution >= 4 is 35.0 Å². The minimum absolute atomic E-state index is 0.0619. The lowest BCUT2D eigenvalue weighted by molar-refractivity contribution is 0.0635. The number of carbonyl (C=O) groups is 2. The maximum Gasteiger partial charge on any atom is 0.412 e. The molecular weight excluding hydrogens is 403 g/mol. The topological polar surface area (TPSA) is 85.9 Å². The maximum atomic E-state index is 13.7. The highest BCUT2D eigenvalue weighted by Gasteiger charge is 2.21. The monoisotopic (exact) mass is 422 g/mol. The van der Waals surface area contributed by atoms with E-state index in [1.54, 1.807) is 20.8 Å². The van der Waals surface area contributed by atoms with Crippen molar-refractivity contribution in [2.24, 2.45) is 0 Å². The fraction of sp³-hybridized carbons (Fsp3) is 0.300. The molecule has 0 atom stereocenters. The summed E-state index contributed by atoms with van der Waals surface area (Å²) in [5, 5.41) is 5.29. The first kappa shape index (κ1) is 20.7. The zero-order valence-electron chi connectivity index (χ0n) is 16.1. The maximum absolute atomic E-state index is 13.7. The number of halogens is 2. The van der Waals surface area contributed by atoms with Gasteiger partial charge in [0.15, 0.2) is 11.5 Å². The van der Waals surface area contributed by atoms with Crippen LogP contribution >= 0.6 is 11.6 Å². The van der Waals surface area contributed by atoms with Crippen LogP contribution in [-0.2, 0) is 4.74 Å². The second-order valence-electron chi connectivity index (χ2n) is 7.25. The van der Waals surface area contributed by atoms with E-state index < -0.39 is 23.4 Å². The lowest BCUT2D eigenvalue weighted by atomic mass is 10.1. The summed E-state index contributed by atoms with van der Waals surface area (Å²) in [5.41, 5.74) is -0.286. The Morgan fingerprint density at radius 2 is 1.79 bits per heavy atom. The Balaban J connectivity index is 1.82. The Kier molecular flexibility index (Phi) is 5.83. The largest absolute Gasteiger partial charge is 0.486 e. The van der Waals surface area contributed by atoms with Crippen LogP contribution in [0.15, 0.2) is 30.3 Å². The van der Waals surface area contributed by atoms with E-state index in [2.05, 4.69) is 10.6 Å². The van der Waals surface area contributed by atoms with Gasteiger partial charge in [0.2, 0.25) is 0 Å². The van der Waals surface area contributed by atoms with Crippen LogP contribution in [0.3, 0.4) is 0 Å². The zero-order valence-corrected chi connectivity index (χ0v) is 16.9. The fourth-order valence-electron chi connectivity index (χ4n) is 2.58. The lowest BCUT2D eigenvalue weighted by Crippen LogP contribution is -2.27. The number of hydrogen-bond acceptors (Lipinski definition) is 5. The van der Waals surface area contributed by atoms with Crippen molar-refractivity contribution in [3.8, 4) is 11.5 Å². The highest BCUT2D eigenvalue weighted by molar-refractivity contribution is 6.32. The number of amides is 2. The van der Waals surface area contributed by atoms with E-state index in [0.29, 0.717) is 24.7 Å². The molecule has 1 aliphatic heterocycles. The highest BCUT2D eigenvalue weighted by atomic mass is 35.5. The van der Waals surface area contributed by atoms with Crippen molar-refractivity contribution in [3.05, 3.63) is 46.7 Å². The second-order valence-corrected chi connectivity index (χ2v) is 7.66. The second kappa shape index (κ2) is 8.16. The molecule has 7 nitrogen and oxygen atoms in total. The van der Waals surface area contributed by atoms with Crippen LogP contribution in [0.2, 0.25) is 5.02 Å². The molecule has 0 fully saturated rings. The molecule has 0 aromatic heterocycles. The third-order valence-corrected chi connectivity index (χ3v) is 4.01. The van der Waals surface area contributed by atoms with Gasteiger partial charge in [0, 0.05) is 5.56 Å². The average Bonchev–Trinajstić information content (AvgIpc) is 2.62. The van der Waals surface area contributed by atoms with Crippen molar-refractivity contribution in [1.29, 1.82) is 0 Å². The fourth-order valence-corrected chi connectivity index (χ4v) is 2.84. The molecule has 9 heteroatoms. The average molecular weight is 423 g/mol. The molecule has 0 unspecified atom stereocenters. The van der Waals surface area contributed by atoms with Crippen LogP contribution in [0.25, 0.3) is 0 Å². The highest BCUT2D eigenvalue weighted by Crippen LogP contribution is 2.38. The number of anilines is 2. The van der Waals surface area contributed by atoms with Gasteiger partial charge < -0.3 is 19.5 Å². The van der Waals surface area contributed by atoms with Gasteiger partial charge >= 0.3 is 6.09 Å². The molecule has 0 aliphatic carbocycles. The molecule has 1 aliphatic rings. The first-order chi connectivity index (χ1) is 13.6. The minimum atomic E-state index is -0.734. The van der Waals surface area contributed by atoms with Crippen LogP contribution in [0.1, 0.15) is 31.1 Å². The van der Waals surface area contributed by atoms with Crippen molar-refractivity contribution < 1.29 is 28.2 Å². The first-order valence-corrected chi connectivity index (χ1v) is 9.20. The Morgan fingerprint density at radius 3 is 2.52 bits per heavy atom. The van der Waals surface area contributed by atoms with Crippen molar-refractivity contribution in [2.75, 3.05) is 23.8 Å². The Bertz CT molecular complexity index is 959. The van der Waals surface area contributed by atoms with E-state index >= 15 is 0 Å². The van der Waals surface area contributed by atoms with Crippen LogP contribution in [0.4, 0.5) is 20.6 Å². The number of ether oxygens (including phenoxy) is 3. The molecule has 0 spiro atoms. The molecule has 0 saturated carbocycles. The normalized spacial score (nSPS) is 12.9. The number of carbonyl (C=O) groups excluding carboxylic acids is 2. The summed E-state index contributed by atoms with van der Waals surface area (Å²) >= 11 is 6.16. The molecule has 1 heterocycles. The van der Waals surface area contributed by atoms with Crippen LogP contribution in [0.5, 0.6) is 11.5 Å². The third-order valence-electron chi connectivity index (χ3n) is 3.72. The summed E-state index contributed by atoms with van der Waals surface area (Å²) in [6, 6.07) is 6.47. The van der Waals surface area contributed by atoms with Gasteiger partial charge in [0.05, 0.1) is 16.4 Å². The molecule has 0 radical (unpaired) electrons. The first-order valence-electron chi connectivity index (χ1n) is 8.82. The number of benzene rings is 2. The standard InChI is InChI=1S/C20H20ClFN2O5/c1-20(2,3)29-19(26)24-14-5-4-12(22)10-15(14)23-18(25)11-8-13(21)17-16(9-11)27-6-7-28-17/h4-5,8-10H,6-7H2,1-3H3,(H,23,25)(H,24,26). The van der Waals surface area contributed by atoms with Gasteiger partial charge in [-0.25, -0.2) is 9.18 Å². The quantitative estimate of drug-likeness (QED) is 0.738. The molecule has 3 rings (SSSR count). The summed E-state index contributed by atoms with van der Waals surface area (Å²) in [7, 11) is 0. The van der Waals surface area contributed by atoms with Crippen LogP contribution in [-0.4, -0.2) is 30.8 Å². The molecule has 154 valence electrons. The van der Waals surface area contributed by atoms with Crippen molar-refractivity contribution in [3.63, 3.8) is 0 Å². The van der Waals surface area contributed by atoms with Gasteiger partial charge in [0.1, 0.15) is 24.6 Å². The minimum Gasteiger partial charge on any atom is -0.486 e. The molecule has 2 N–H and O–H groups in total. The van der Waals surface area contributed by atoms with E-state index in [4.69, 9.17) is 25.8 Å². The summed E-state index contributed by atoms with van der Waals surface area (Å²) in [5.74, 6) is -0.440. The number of fused-ring (bicyclic) bond motifs is 1. The van der Waals surface area contributed by atoms with E-state index in [0.717, 1.165) is 12.1 Å². The molecule has 0 bridgehead atoms. The van der Waals surface area contributed by atoms with Gasteiger partial charge in [-0.05, 0) is 51.1 Å². The van der Waals surface area contributed by atoms with E-state index in [1.807, 2.05) is 0 Å². The van der Waals surface area contributed by atoms with Gasteiger partial charge in [-0.15, -0.1) is 0 Å². The van der Waals surface area contributed by atoms with Crippen LogP contribution in [0, 0.1) is 5.82 Å². The SMILES string of the molecule is CC(C)(C)OC(=O)Nc1ccc(F)cc1NC(=O)c1cc(Cl)c2c(c1)OCCO2. The third kappa shape index (κ3) is 5.29. The Morgan fingerprint density at radius 1 is 1.07 bits per heavy atom. The van der Waals surface area contributed by atoms with Gasteiger partial charge in [-0.3, -0.25) is 10.1 Å². The van der Waals surface area contributed by atoms with Gasteiger partial charge in [-0.2, -0.15) is 0 Å². The molecule has 2 aromatic carbocycles. The smallest absolute Gasteiger partial charge is 0.412 e. The van der Waals surface area contributed by atoms with E-state index in [-0.39, 0.29) is 22.0 Å². The van der Waals surface area contributed by atoms with Crippen LogP contribution < -0.4 is 20.1 Å². The lowest BCUT2D eigenvalue weighted by Gasteiger charge is -2.21. The van der Waals surface area contributed by atoms with E-state index in [9.17, 15) is 14.0 Å². The number of hydrogen-bond donors (Lipinski definition) is 2. The number of rotatable bonds is 3. The van der Waals surface area contributed by atoms with Crippen molar-refractivity contribution in [1.82, 2.24) is 0 Å². The number of nitrogens with one attached hydrogen (secondary N) is 2. The predicted molar refractivity (Wildman–Crippen MR) is 107 cm³/mol. The summed E-state index contributed by atoms with van der Waals surface area (Å²) < 4.78 is 29.8. The zero-order chi connectivity index (χ0) is 21.2. The van der Waals surface area contributed by atoms with Crippen molar-refractivity contribution in [2.45, 2.75) is 26.4 Å². The summed E-state index contributed by atoms with van der Waals surface area (Å²) in [6.45, 7) is 5.84. The Labute approximate surface area is 172 Å². The van der Waals surface area contributed by atoms with Gasteiger partial charge in [0.25, 0.3) is 5.91 Å². The molecular formula is C20H20ClFN2O5.